The predicted octanol–water partition coefficient (Wildman–Crippen LogP) is 5.04. The minimum atomic E-state index is 0.632. The molecule has 0 atom stereocenters. The van der Waals surface area contributed by atoms with Crippen LogP contribution < -0.4 is 15.8 Å². The molecule has 0 saturated carbocycles. The number of nitrogen functional groups attached to an aromatic ring is 1. The lowest BCUT2D eigenvalue weighted by atomic mass is 9.89. The minimum absolute atomic E-state index is 0.632. The van der Waals surface area contributed by atoms with Gasteiger partial charge < -0.3 is 15.8 Å². The van der Waals surface area contributed by atoms with Gasteiger partial charge in [-0.3, -0.25) is 4.98 Å². The van der Waals surface area contributed by atoms with Crippen LogP contribution in [0.25, 0.3) is 16.5 Å². The average molecular weight is 388 g/mol. The van der Waals surface area contributed by atoms with Crippen LogP contribution in [-0.4, -0.2) is 24.7 Å². The van der Waals surface area contributed by atoms with Crippen molar-refractivity contribution < 1.29 is 4.74 Å². The number of rotatable bonds is 5. The third kappa shape index (κ3) is 4.28. The highest BCUT2D eigenvalue weighted by Gasteiger charge is 2.16. The van der Waals surface area contributed by atoms with Gasteiger partial charge in [-0.25, -0.2) is 0 Å². The van der Waals surface area contributed by atoms with Gasteiger partial charge in [0.2, 0.25) is 0 Å². The Morgan fingerprint density at radius 2 is 1.83 bits per heavy atom. The summed E-state index contributed by atoms with van der Waals surface area (Å²) in [5.41, 5.74) is 14.4. The van der Waals surface area contributed by atoms with Gasteiger partial charge in [-0.2, -0.15) is 0 Å². The van der Waals surface area contributed by atoms with Crippen molar-refractivity contribution in [3.63, 3.8) is 0 Å². The number of nitrogens with one attached hydrogen (secondary N) is 1. The van der Waals surface area contributed by atoms with E-state index in [0.29, 0.717) is 6.61 Å². The SMILES string of the molecule is Cc1ccc2c(OCCC(=C3CCNCC3)c3cccc(N)c3C)cccc2n1. The van der Waals surface area contributed by atoms with Gasteiger partial charge in [0.25, 0.3) is 0 Å². The first-order chi connectivity index (χ1) is 14.1. The Bertz CT molecular complexity index is 1050. The number of hydrogen-bond acceptors (Lipinski definition) is 4. The zero-order chi connectivity index (χ0) is 20.2. The number of aromatic nitrogens is 1. The van der Waals surface area contributed by atoms with Crippen LogP contribution in [0.2, 0.25) is 0 Å². The van der Waals surface area contributed by atoms with Crippen molar-refractivity contribution in [1.29, 1.82) is 0 Å². The molecule has 0 radical (unpaired) electrons. The molecule has 3 N–H and O–H groups in total. The molecule has 0 aliphatic carbocycles. The summed E-state index contributed by atoms with van der Waals surface area (Å²) >= 11 is 0. The Labute approximate surface area is 172 Å². The number of hydrogen-bond donors (Lipinski definition) is 2. The summed E-state index contributed by atoms with van der Waals surface area (Å²) in [6, 6.07) is 16.4. The van der Waals surface area contributed by atoms with Crippen molar-refractivity contribution >= 4 is 22.2 Å². The van der Waals surface area contributed by atoms with E-state index in [4.69, 9.17) is 10.5 Å². The summed E-state index contributed by atoms with van der Waals surface area (Å²) in [7, 11) is 0. The lowest BCUT2D eigenvalue weighted by molar-refractivity contribution is 0.330. The first kappa shape index (κ1) is 19.5. The number of aryl methyl sites for hydroxylation is 1. The van der Waals surface area contributed by atoms with E-state index in [-0.39, 0.29) is 0 Å². The van der Waals surface area contributed by atoms with Crippen LogP contribution in [0, 0.1) is 13.8 Å². The predicted molar refractivity (Wildman–Crippen MR) is 121 cm³/mol. The van der Waals surface area contributed by atoms with Crippen LogP contribution in [0.15, 0.2) is 54.1 Å². The monoisotopic (exact) mass is 387 g/mol. The molecule has 1 aromatic heterocycles. The highest BCUT2D eigenvalue weighted by Crippen LogP contribution is 2.32. The zero-order valence-electron chi connectivity index (χ0n) is 17.3. The zero-order valence-corrected chi connectivity index (χ0v) is 17.3. The fraction of sp³-hybridized carbons (Fsp3) is 0.320. The number of benzene rings is 2. The molecule has 0 unspecified atom stereocenters. The molecule has 2 heterocycles. The number of nitrogens with zero attached hydrogens (tertiary/aromatic N) is 1. The molecule has 1 aliphatic rings. The molecule has 0 amide bonds. The highest BCUT2D eigenvalue weighted by molar-refractivity contribution is 5.85. The first-order valence-electron chi connectivity index (χ1n) is 10.4. The van der Waals surface area contributed by atoms with E-state index in [0.717, 1.165) is 60.4 Å². The summed E-state index contributed by atoms with van der Waals surface area (Å²) in [6.07, 6.45) is 3.04. The van der Waals surface area contributed by atoms with Crippen molar-refractivity contribution in [2.45, 2.75) is 33.1 Å². The van der Waals surface area contributed by atoms with Crippen molar-refractivity contribution in [2.75, 3.05) is 25.4 Å². The van der Waals surface area contributed by atoms with Gasteiger partial charge in [0.05, 0.1) is 12.1 Å². The van der Waals surface area contributed by atoms with Crippen LogP contribution in [0.5, 0.6) is 5.75 Å². The molecule has 1 aliphatic heterocycles. The molecule has 4 nitrogen and oxygen atoms in total. The molecule has 1 saturated heterocycles. The van der Waals surface area contributed by atoms with Crippen LogP contribution in [-0.2, 0) is 0 Å². The van der Waals surface area contributed by atoms with Crippen LogP contribution in [0.3, 0.4) is 0 Å². The number of ether oxygens (including phenoxy) is 1. The van der Waals surface area contributed by atoms with E-state index in [1.54, 1.807) is 0 Å². The molecule has 0 bridgehead atoms. The van der Waals surface area contributed by atoms with Gasteiger partial charge in [0.15, 0.2) is 0 Å². The molecular formula is C25H29N3O. The van der Waals surface area contributed by atoms with Crippen molar-refractivity contribution in [2.24, 2.45) is 0 Å². The lowest BCUT2D eigenvalue weighted by Crippen LogP contribution is -2.24. The Balaban J connectivity index is 1.59. The first-order valence-corrected chi connectivity index (χ1v) is 10.4. The van der Waals surface area contributed by atoms with Crippen molar-refractivity contribution in [1.82, 2.24) is 10.3 Å². The Morgan fingerprint density at radius 1 is 1.03 bits per heavy atom. The third-order valence-electron chi connectivity index (χ3n) is 5.78. The fourth-order valence-corrected chi connectivity index (χ4v) is 4.13. The molecule has 1 fully saturated rings. The smallest absolute Gasteiger partial charge is 0.128 e. The number of piperidine rings is 1. The summed E-state index contributed by atoms with van der Waals surface area (Å²) in [5.74, 6) is 0.897. The van der Waals surface area contributed by atoms with Crippen LogP contribution in [0.4, 0.5) is 5.69 Å². The average Bonchev–Trinajstić information content (AvgIpc) is 2.74. The third-order valence-corrected chi connectivity index (χ3v) is 5.78. The van der Waals surface area contributed by atoms with E-state index in [9.17, 15) is 0 Å². The van der Waals surface area contributed by atoms with Gasteiger partial charge in [0.1, 0.15) is 5.75 Å². The molecular weight excluding hydrogens is 358 g/mol. The second-order valence-corrected chi connectivity index (χ2v) is 7.73. The Morgan fingerprint density at radius 3 is 2.66 bits per heavy atom. The number of pyridine rings is 1. The normalized spacial score (nSPS) is 14.2. The van der Waals surface area contributed by atoms with Crippen molar-refractivity contribution in [3.05, 3.63) is 70.9 Å². The van der Waals surface area contributed by atoms with Crippen molar-refractivity contribution in [3.8, 4) is 5.75 Å². The number of anilines is 1. The van der Waals surface area contributed by atoms with Crippen LogP contribution in [0.1, 0.15) is 36.1 Å². The maximum Gasteiger partial charge on any atom is 0.128 e. The summed E-state index contributed by atoms with van der Waals surface area (Å²) in [4.78, 5) is 4.61. The minimum Gasteiger partial charge on any atom is -0.493 e. The van der Waals surface area contributed by atoms with Gasteiger partial charge >= 0.3 is 0 Å². The fourth-order valence-electron chi connectivity index (χ4n) is 4.13. The number of fused-ring (bicyclic) bond motifs is 1. The van der Waals surface area contributed by atoms with Gasteiger partial charge in [0, 0.05) is 23.2 Å². The molecule has 4 heteroatoms. The standard InChI is InChI=1S/C25H29N3O/c1-17-9-10-22-24(28-17)7-4-8-25(22)29-16-13-21(19-11-14-27-15-12-19)20-5-3-6-23(26)18(20)2/h3-10,27H,11-16,26H2,1-2H3. The summed E-state index contributed by atoms with van der Waals surface area (Å²) in [6.45, 7) is 6.84. The van der Waals surface area contributed by atoms with E-state index >= 15 is 0 Å². The van der Waals surface area contributed by atoms with E-state index in [1.165, 1.54) is 22.3 Å². The highest BCUT2D eigenvalue weighted by atomic mass is 16.5. The second-order valence-electron chi connectivity index (χ2n) is 7.73. The molecule has 4 rings (SSSR count). The molecule has 2 aromatic carbocycles. The number of nitrogens with two attached hydrogens (primary N) is 1. The van der Waals surface area contributed by atoms with E-state index in [2.05, 4.69) is 35.4 Å². The van der Waals surface area contributed by atoms with E-state index in [1.807, 2.05) is 37.3 Å². The maximum atomic E-state index is 6.25. The summed E-state index contributed by atoms with van der Waals surface area (Å²) in [5, 5.41) is 4.52. The molecule has 0 spiro atoms. The van der Waals surface area contributed by atoms with E-state index < -0.39 is 0 Å². The lowest BCUT2D eigenvalue weighted by Gasteiger charge is -2.22. The van der Waals surface area contributed by atoms with Gasteiger partial charge in [-0.15, -0.1) is 0 Å². The Hall–Kier alpha value is -2.85. The molecule has 150 valence electrons. The van der Waals surface area contributed by atoms with Gasteiger partial charge in [-0.05, 0) is 86.8 Å². The maximum absolute atomic E-state index is 6.25. The Kier molecular flexibility index (Phi) is 5.81. The summed E-state index contributed by atoms with van der Waals surface area (Å²) < 4.78 is 6.25. The second kappa shape index (κ2) is 8.66. The molecule has 29 heavy (non-hydrogen) atoms. The quantitative estimate of drug-likeness (QED) is 0.602. The van der Waals surface area contributed by atoms with Gasteiger partial charge in [-0.1, -0.05) is 23.8 Å². The van der Waals surface area contributed by atoms with Crippen LogP contribution >= 0.6 is 0 Å². The largest absolute Gasteiger partial charge is 0.493 e. The molecule has 3 aromatic rings. The topological polar surface area (TPSA) is 60.2 Å².